The van der Waals surface area contributed by atoms with Crippen molar-refractivity contribution < 1.29 is 19.2 Å². The van der Waals surface area contributed by atoms with Crippen molar-refractivity contribution in [2.24, 2.45) is 0 Å². The molecule has 5 aromatic rings. The molecular weight excluding hydrogens is 615 g/mol. The van der Waals surface area contributed by atoms with Gasteiger partial charge in [-0.1, -0.05) is 80.1 Å². The van der Waals surface area contributed by atoms with Gasteiger partial charge in [0.25, 0.3) is 23.6 Å². The molecule has 0 bridgehead atoms. The molecule has 0 N–H and O–H groups in total. The lowest BCUT2D eigenvalue weighted by Crippen LogP contribution is -2.47. The van der Waals surface area contributed by atoms with Crippen LogP contribution in [0.1, 0.15) is 108 Å². The fourth-order valence-electron chi connectivity index (χ4n) is 7.85. The SMILES string of the molecule is [B]c1cc2c3c(ccc4c5c(Br)cc6c7c(ccc(c1c34)c75)C(=O)N(C(CC)CCC)C6=O)C(=O)N(C(CC)CCC)C2=O. The summed E-state index contributed by atoms with van der Waals surface area (Å²) in [5.74, 6) is -1.17. The first-order chi connectivity index (χ1) is 21.2. The summed E-state index contributed by atoms with van der Waals surface area (Å²) in [5, 5.41) is 5.91. The van der Waals surface area contributed by atoms with Crippen LogP contribution in [0, 0.1) is 0 Å². The van der Waals surface area contributed by atoms with Crippen molar-refractivity contribution in [1.82, 2.24) is 9.80 Å². The van der Waals surface area contributed by atoms with Gasteiger partial charge < -0.3 is 0 Å². The van der Waals surface area contributed by atoms with E-state index in [0.717, 1.165) is 58.0 Å². The molecule has 2 aliphatic heterocycles. The standard InChI is InChI=1S/C36H32BBrN2O4/c1-5-9-17(7-3)39-33(41)21-14-12-20-30-26(38)16-24-28-22(34(42)40(36(24)44)18(8-4)10-6-2)13-11-19(32(28)30)29-25(37)15-23(35(39)43)27(21)31(20)29/h11-18H,5-10H2,1-4H3. The predicted octanol–water partition coefficient (Wildman–Crippen LogP) is 7.64. The van der Waals surface area contributed by atoms with Crippen molar-refractivity contribution in [3.63, 3.8) is 0 Å². The van der Waals surface area contributed by atoms with E-state index in [-0.39, 0.29) is 35.7 Å². The summed E-state index contributed by atoms with van der Waals surface area (Å²) in [6, 6.07) is 10.6. The summed E-state index contributed by atoms with van der Waals surface area (Å²) < 4.78 is 0.707. The van der Waals surface area contributed by atoms with Crippen LogP contribution in [0.2, 0.25) is 0 Å². The lowest BCUT2D eigenvalue weighted by molar-refractivity contribution is 0.0510. The summed E-state index contributed by atoms with van der Waals surface area (Å²) in [4.78, 5) is 58.8. The molecule has 44 heavy (non-hydrogen) atoms. The molecule has 4 amide bonds. The van der Waals surface area contributed by atoms with E-state index >= 15 is 0 Å². The number of hydrogen-bond acceptors (Lipinski definition) is 4. The maximum absolute atomic E-state index is 14.0. The largest absolute Gasteiger partial charge is 0.271 e. The lowest BCUT2D eigenvalue weighted by atomic mass is 9.77. The Labute approximate surface area is 265 Å². The molecule has 6 nitrogen and oxygen atoms in total. The number of carbonyl (C=O) groups excluding carboxylic acids is 4. The van der Waals surface area contributed by atoms with E-state index < -0.39 is 0 Å². The van der Waals surface area contributed by atoms with Crippen molar-refractivity contribution in [3.05, 3.63) is 63.1 Å². The summed E-state index contributed by atoms with van der Waals surface area (Å²) in [6.07, 6.45) is 4.56. The minimum Gasteiger partial charge on any atom is -0.271 e. The van der Waals surface area contributed by atoms with Gasteiger partial charge in [-0.3, -0.25) is 29.0 Å². The van der Waals surface area contributed by atoms with Crippen molar-refractivity contribution in [2.75, 3.05) is 0 Å². The van der Waals surface area contributed by atoms with Crippen LogP contribution in [0.3, 0.4) is 0 Å². The molecule has 8 heteroatoms. The Balaban J connectivity index is 1.58. The van der Waals surface area contributed by atoms with Gasteiger partial charge in [-0.25, -0.2) is 0 Å². The molecule has 7 rings (SSSR count). The first kappa shape index (κ1) is 29.0. The van der Waals surface area contributed by atoms with E-state index in [1.165, 1.54) is 9.80 Å². The van der Waals surface area contributed by atoms with E-state index in [9.17, 15) is 19.2 Å². The van der Waals surface area contributed by atoms with Gasteiger partial charge in [0, 0.05) is 60.4 Å². The molecule has 2 heterocycles. The van der Waals surface area contributed by atoms with Crippen LogP contribution < -0.4 is 5.46 Å². The third-order valence-electron chi connectivity index (χ3n) is 9.80. The molecule has 220 valence electrons. The second-order valence-corrected chi connectivity index (χ2v) is 13.0. The van der Waals surface area contributed by atoms with Gasteiger partial charge in [0.1, 0.15) is 7.85 Å². The molecule has 2 aliphatic rings. The van der Waals surface area contributed by atoms with Crippen LogP contribution in [-0.4, -0.2) is 53.4 Å². The number of halogens is 1. The van der Waals surface area contributed by atoms with Gasteiger partial charge in [-0.05, 0) is 65.4 Å². The average Bonchev–Trinajstić information content (AvgIpc) is 3.01. The smallest absolute Gasteiger partial charge is 0.261 e. The van der Waals surface area contributed by atoms with Crippen LogP contribution >= 0.6 is 15.9 Å². The predicted molar refractivity (Wildman–Crippen MR) is 180 cm³/mol. The zero-order chi connectivity index (χ0) is 31.2. The molecule has 2 atom stereocenters. The molecule has 0 spiro atoms. The number of carbonyl (C=O) groups is 4. The molecule has 0 aromatic heterocycles. The van der Waals surface area contributed by atoms with Crippen LogP contribution in [-0.2, 0) is 0 Å². The van der Waals surface area contributed by atoms with Gasteiger partial charge in [0.2, 0.25) is 0 Å². The number of amides is 4. The Bertz CT molecular complexity index is 1950. The second-order valence-electron chi connectivity index (χ2n) is 12.2. The van der Waals surface area contributed by atoms with Crippen molar-refractivity contribution >= 4 is 96.0 Å². The highest BCUT2D eigenvalue weighted by Crippen LogP contribution is 2.48. The minimum absolute atomic E-state index is 0.180. The third kappa shape index (κ3) is 3.66. The Hall–Kier alpha value is -3.78. The van der Waals surface area contributed by atoms with Gasteiger partial charge in [-0.15, -0.1) is 0 Å². The van der Waals surface area contributed by atoms with E-state index in [4.69, 9.17) is 7.85 Å². The molecule has 5 aromatic carbocycles. The van der Waals surface area contributed by atoms with E-state index in [1.54, 1.807) is 12.1 Å². The first-order valence-electron chi connectivity index (χ1n) is 15.6. The Morgan fingerprint density at radius 1 is 0.591 bits per heavy atom. The highest BCUT2D eigenvalue weighted by molar-refractivity contribution is 9.10. The molecule has 0 fully saturated rings. The Kier molecular flexibility index (Phi) is 6.85. The summed E-state index contributed by atoms with van der Waals surface area (Å²) in [7, 11) is 6.81. The molecule has 2 unspecified atom stereocenters. The van der Waals surface area contributed by atoms with Crippen molar-refractivity contribution in [2.45, 2.75) is 78.3 Å². The molecule has 0 saturated heterocycles. The van der Waals surface area contributed by atoms with Crippen LogP contribution in [0.5, 0.6) is 0 Å². The van der Waals surface area contributed by atoms with Gasteiger partial charge in [0.15, 0.2) is 0 Å². The maximum atomic E-state index is 14.0. The third-order valence-corrected chi connectivity index (χ3v) is 10.4. The quantitative estimate of drug-likeness (QED) is 0.0751. The first-order valence-corrected chi connectivity index (χ1v) is 16.4. The van der Waals surface area contributed by atoms with Crippen molar-refractivity contribution in [1.29, 1.82) is 0 Å². The molecule has 0 aliphatic carbocycles. The lowest BCUT2D eigenvalue weighted by Gasteiger charge is -2.35. The average molecular weight is 647 g/mol. The highest BCUT2D eigenvalue weighted by Gasteiger charge is 2.40. The molecular formula is C36H32BBrN2O4. The van der Waals surface area contributed by atoms with Gasteiger partial charge >= 0.3 is 0 Å². The van der Waals surface area contributed by atoms with E-state index in [1.807, 2.05) is 38.1 Å². The topological polar surface area (TPSA) is 74.8 Å². The maximum Gasteiger partial charge on any atom is 0.261 e. The zero-order valence-electron chi connectivity index (χ0n) is 25.3. The monoisotopic (exact) mass is 646 g/mol. The number of rotatable bonds is 8. The number of nitrogens with zero attached hydrogens (tertiary/aromatic N) is 2. The zero-order valence-corrected chi connectivity index (χ0v) is 26.9. The van der Waals surface area contributed by atoms with Crippen LogP contribution in [0.4, 0.5) is 0 Å². The van der Waals surface area contributed by atoms with Gasteiger partial charge in [0.05, 0.1) is 0 Å². The van der Waals surface area contributed by atoms with E-state index in [0.29, 0.717) is 55.8 Å². The summed E-state index contributed by atoms with van der Waals surface area (Å²) in [5.41, 5.74) is 2.32. The van der Waals surface area contributed by atoms with Crippen LogP contribution in [0.15, 0.2) is 40.9 Å². The number of benzene rings is 5. The normalized spacial score (nSPS) is 16.4. The highest BCUT2D eigenvalue weighted by atomic mass is 79.9. The summed E-state index contributed by atoms with van der Waals surface area (Å²) >= 11 is 3.79. The van der Waals surface area contributed by atoms with E-state index in [2.05, 4.69) is 29.8 Å². The van der Waals surface area contributed by atoms with Crippen molar-refractivity contribution in [3.8, 4) is 0 Å². The van der Waals surface area contributed by atoms with Crippen LogP contribution in [0.25, 0.3) is 43.1 Å². The number of hydrogen-bond donors (Lipinski definition) is 0. The van der Waals surface area contributed by atoms with Gasteiger partial charge in [-0.2, -0.15) is 0 Å². The molecule has 2 radical (unpaired) electrons. The Morgan fingerprint density at radius 3 is 1.50 bits per heavy atom. The Morgan fingerprint density at radius 2 is 1.02 bits per heavy atom. The minimum atomic E-state index is -0.317. The summed E-state index contributed by atoms with van der Waals surface area (Å²) in [6.45, 7) is 8.11. The second kappa shape index (κ2) is 10.4. The fraction of sp³-hybridized carbons (Fsp3) is 0.333. The molecule has 0 saturated carbocycles. The fourth-order valence-corrected chi connectivity index (χ4v) is 8.49. The number of imide groups is 2. The number of fused-ring (bicyclic) bond motifs is 2.